The molecular formula is N2O4Pt. The van der Waals surface area contributed by atoms with Gasteiger partial charge < -0.3 is 25.8 Å². The van der Waals surface area contributed by atoms with Gasteiger partial charge in [-0.25, -0.2) is 0 Å². The van der Waals surface area contributed by atoms with Gasteiger partial charge in [-0.15, -0.1) is 0 Å². The number of nitroso groups, excluding NO2 is 1. The monoisotopic (exact) mass is 287 g/mol. The van der Waals surface area contributed by atoms with Crippen LogP contribution in [0.4, 0.5) is 0 Å². The number of hydrogen-bond donors (Lipinski definition) is 0. The van der Waals surface area contributed by atoms with Crippen LogP contribution in [0.2, 0.25) is 0 Å². The molecule has 0 aliphatic carbocycles. The molecule has 0 aromatic rings. The molecule has 0 saturated carbocycles. The van der Waals surface area contributed by atoms with Gasteiger partial charge in [-0.3, -0.25) is 0 Å². The predicted octanol–water partition coefficient (Wildman–Crippen LogP) is 0.0806. The van der Waals surface area contributed by atoms with Crippen LogP contribution >= 0.6 is 0 Å². The van der Waals surface area contributed by atoms with Crippen LogP contribution in [0.25, 0.3) is 5.59 Å². The minimum Gasteiger partial charge on any atom is -0.577 e. The molecule has 0 spiro atoms. The van der Waals surface area contributed by atoms with Crippen molar-refractivity contribution >= 4 is 0 Å². The maximum absolute atomic E-state index is 8.25. The molecular weight excluding hydrogens is 287 g/mol. The summed E-state index contributed by atoms with van der Waals surface area (Å²) in [6.45, 7) is 0. The Balaban J connectivity index is -0.0000000480. The van der Waals surface area contributed by atoms with Gasteiger partial charge in [0.1, 0.15) is 0 Å². The Morgan fingerprint density at radius 2 is 1.29 bits per heavy atom. The Hall–Kier alpha value is -0.512. The van der Waals surface area contributed by atoms with Gasteiger partial charge in [0.05, 0.1) is 5.09 Å². The van der Waals surface area contributed by atoms with E-state index >= 15 is 0 Å². The van der Waals surface area contributed by atoms with E-state index in [4.69, 9.17) is 25.8 Å². The van der Waals surface area contributed by atoms with Crippen LogP contribution in [0.15, 0.2) is 0 Å². The smallest absolute Gasteiger partial charge is 0.577 e. The molecule has 0 heterocycles. The van der Waals surface area contributed by atoms with E-state index in [2.05, 4.69) is 0 Å². The third kappa shape index (κ3) is 255. The van der Waals surface area contributed by atoms with Gasteiger partial charge >= 0.3 is 21.1 Å². The van der Waals surface area contributed by atoms with Crippen LogP contribution < -0.4 is 0 Å². The van der Waals surface area contributed by atoms with Crippen molar-refractivity contribution in [2.24, 2.45) is 0 Å². The van der Waals surface area contributed by atoms with Crippen LogP contribution in [0, 0.1) is 20.2 Å². The molecule has 0 amide bonds. The summed E-state index contributed by atoms with van der Waals surface area (Å²) < 4.78 is 0. The van der Waals surface area contributed by atoms with Gasteiger partial charge in [-0.2, -0.15) is 0 Å². The SMILES string of the molecule is O=[N+]([O-])[O-].[N-]=O.[Pt+2]. The predicted molar refractivity (Wildman–Crippen MR) is 17.1 cm³/mol. The van der Waals surface area contributed by atoms with E-state index < -0.39 is 5.09 Å². The third-order valence-corrected chi connectivity index (χ3v) is 0. The normalized spacial score (nSPS) is 4.00. The van der Waals surface area contributed by atoms with Gasteiger partial charge in [-0.1, -0.05) is 0 Å². The molecule has 0 unspecified atom stereocenters. The Bertz CT molecular complexity index is 41.0. The molecule has 0 atom stereocenters. The van der Waals surface area contributed by atoms with Crippen molar-refractivity contribution in [3.63, 3.8) is 0 Å². The Labute approximate surface area is 52.7 Å². The third-order valence-electron chi connectivity index (χ3n) is 0. The second kappa shape index (κ2) is 17.9. The molecule has 0 radical (unpaired) electrons. The molecule has 0 saturated heterocycles. The molecule has 7 heteroatoms. The van der Waals surface area contributed by atoms with Crippen LogP contribution in [0.5, 0.6) is 0 Å². The largest absolute Gasteiger partial charge is 2.00 e. The summed E-state index contributed by atoms with van der Waals surface area (Å²) in [5, 5.41) is 14.8. The minimum atomic E-state index is -1.75. The zero-order valence-electron chi connectivity index (χ0n) is 2.84. The average molecular weight is 287 g/mol. The number of rotatable bonds is 0. The van der Waals surface area contributed by atoms with Crippen molar-refractivity contribution in [1.29, 1.82) is 0 Å². The quantitative estimate of drug-likeness (QED) is 0.464. The first kappa shape index (κ1) is 16.1. The average Bonchev–Trinajstić information content (AvgIpc) is 1.41. The van der Waals surface area contributed by atoms with Crippen molar-refractivity contribution in [3.05, 3.63) is 25.8 Å². The second-order valence-corrected chi connectivity index (χ2v) is 0.224. The summed E-state index contributed by atoms with van der Waals surface area (Å²) in [7, 11) is 0. The fourth-order valence-electron chi connectivity index (χ4n) is 0. The van der Waals surface area contributed by atoms with Crippen molar-refractivity contribution in [3.8, 4) is 0 Å². The number of nitrogens with zero attached hydrogens (tertiary/aromatic N) is 2. The van der Waals surface area contributed by atoms with Gasteiger partial charge in [0, 0.05) is 0 Å². The summed E-state index contributed by atoms with van der Waals surface area (Å²) in [5.74, 6) is 0. The molecule has 6 nitrogen and oxygen atoms in total. The fraction of sp³-hybridized carbons (Fsp3) is 0. The van der Waals surface area contributed by atoms with Gasteiger partial charge in [0.25, 0.3) is 0 Å². The Kier molecular flexibility index (Phi) is 41.0. The zero-order valence-corrected chi connectivity index (χ0v) is 5.12. The zero-order chi connectivity index (χ0) is 5.58. The first-order valence-electron chi connectivity index (χ1n) is 0.730. The van der Waals surface area contributed by atoms with Crippen LogP contribution in [-0.4, -0.2) is 5.09 Å². The van der Waals surface area contributed by atoms with E-state index in [9.17, 15) is 0 Å². The van der Waals surface area contributed by atoms with Crippen molar-refractivity contribution in [2.75, 3.05) is 0 Å². The molecule has 0 bridgehead atoms. The van der Waals surface area contributed by atoms with Gasteiger partial charge in [0.2, 0.25) is 0 Å². The Morgan fingerprint density at radius 1 is 1.29 bits per heavy atom. The molecule has 7 heavy (non-hydrogen) atoms. The van der Waals surface area contributed by atoms with Crippen molar-refractivity contribution in [1.82, 2.24) is 0 Å². The van der Waals surface area contributed by atoms with Crippen molar-refractivity contribution < 1.29 is 26.2 Å². The molecule has 0 aliphatic heterocycles. The van der Waals surface area contributed by atoms with Crippen LogP contribution in [0.3, 0.4) is 0 Å². The van der Waals surface area contributed by atoms with Gasteiger partial charge in [-0.05, 0) is 0 Å². The fourth-order valence-corrected chi connectivity index (χ4v) is 0. The maximum Gasteiger partial charge on any atom is 2.00 e. The molecule has 0 fully saturated rings. The van der Waals surface area contributed by atoms with E-state index in [1.165, 1.54) is 0 Å². The number of hydrogen-bond acceptors (Lipinski definition) is 4. The molecule has 0 aromatic heterocycles. The first-order valence-corrected chi connectivity index (χ1v) is 0.730. The van der Waals surface area contributed by atoms with Gasteiger partial charge in [0.15, 0.2) is 0 Å². The summed E-state index contributed by atoms with van der Waals surface area (Å²) in [6, 6.07) is 0. The summed E-state index contributed by atoms with van der Waals surface area (Å²) in [5.41, 5.74) is 5.75. The summed E-state index contributed by atoms with van der Waals surface area (Å²) in [6.07, 6.45) is 0. The maximum atomic E-state index is 8.25. The molecule has 0 aliphatic rings. The van der Waals surface area contributed by atoms with E-state index in [1.807, 2.05) is 0 Å². The minimum absolute atomic E-state index is 0. The standard InChI is InChI=1S/NO3.NO.Pt/c2-1(3)4;1-2;/q2*-1;+2. The van der Waals surface area contributed by atoms with Crippen LogP contribution in [0.1, 0.15) is 0 Å². The summed E-state index contributed by atoms with van der Waals surface area (Å²) in [4.78, 5) is 15.5. The van der Waals surface area contributed by atoms with Crippen molar-refractivity contribution in [2.45, 2.75) is 0 Å². The van der Waals surface area contributed by atoms with E-state index in [0.29, 0.717) is 0 Å². The summed E-state index contributed by atoms with van der Waals surface area (Å²) >= 11 is 0. The topological polar surface area (TPSA) is 106 Å². The molecule has 0 rings (SSSR count). The molecule has 44 valence electrons. The first-order chi connectivity index (χ1) is 2.73. The Morgan fingerprint density at radius 3 is 1.29 bits per heavy atom. The second-order valence-electron chi connectivity index (χ2n) is 0.224. The molecule has 0 N–H and O–H groups in total. The van der Waals surface area contributed by atoms with E-state index in [-0.39, 0.29) is 21.1 Å². The van der Waals surface area contributed by atoms with E-state index in [0.717, 1.165) is 0 Å². The van der Waals surface area contributed by atoms with E-state index in [1.54, 1.807) is 0 Å². The van der Waals surface area contributed by atoms with Crippen LogP contribution in [-0.2, 0) is 21.1 Å². The molecule has 0 aromatic carbocycles.